The van der Waals surface area contributed by atoms with E-state index in [-0.39, 0.29) is 11.6 Å². The molecule has 74 valence electrons. The zero-order valence-corrected chi connectivity index (χ0v) is 8.41. The van der Waals surface area contributed by atoms with E-state index in [9.17, 15) is 9.59 Å². The summed E-state index contributed by atoms with van der Waals surface area (Å²) < 4.78 is 0. The van der Waals surface area contributed by atoms with Crippen LogP contribution in [0.4, 0.5) is 0 Å². The molecule has 0 atom stereocenters. The number of aryl methyl sites for hydroxylation is 1. The highest BCUT2D eigenvalue weighted by Crippen LogP contribution is 2.03. The molecule has 0 aromatic carbocycles. The monoisotopic (exact) mass is 191 g/mol. The molecule has 14 heavy (non-hydrogen) atoms. The van der Waals surface area contributed by atoms with Crippen LogP contribution in [-0.2, 0) is 11.2 Å². The van der Waals surface area contributed by atoms with Crippen molar-refractivity contribution in [3.8, 4) is 0 Å². The van der Waals surface area contributed by atoms with Gasteiger partial charge in [0.2, 0.25) is 0 Å². The molecule has 1 heterocycles. The first-order valence-electron chi connectivity index (χ1n) is 4.56. The molecule has 0 N–H and O–H groups in total. The Bertz CT molecular complexity index is 358. The topological polar surface area (TPSA) is 47.0 Å². The standard InChI is InChI=1S/C11H13NO2/c1-8(13)6-7-10-4-3-5-11(12-10)9(2)14/h3-5H,6-7H2,1-2H3. The molecule has 1 aromatic rings. The Kier molecular flexibility index (Phi) is 3.51. The minimum atomic E-state index is -0.0466. The number of carbonyl (C=O) groups is 2. The highest BCUT2D eigenvalue weighted by Gasteiger charge is 2.02. The number of Topliss-reactive ketones (excluding diaryl/α,β-unsaturated/α-hetero) is 2. The van der Waals surface area contributed by atoms with E-state index in [1.165, 1.54) is 6.92 Å². The lowest BCUT2D eigenvalue weighted by Crippen LogP contribution is -2.01. The SMILES string of the molecule is CC(=O)CCc1cccc(C(C)=O)n1. The van der Waals surface area contributed by atoms with Gasteiger partial charge in [-0.2, -0.15) is 0 Å². The zero-order chi connectivity index (χ0) is 10.6. The van der Waals surface area contributed by atoms with Crippen LogP contribution in [0.3, 0.4) is 0 Å². The minimum absolute atomic E-state index is 0.0466. The summed E-state index contributed by atoms with van der Waals surface area (Å²) in [5.41, 5.74) is 1.26. The molecule has 0 aliphatic heterocycles. The van der Waals surface area contributed by atoms with Crippen LogP contribution in [-0.4, -0.2) is 16.6 Å². The summed E-state index contributed by atoms with van der Waals surface area (Å²) in [7, 11) is 0. The predicted molar refractivity (Wildman–Crippen MR) is 53.2 cm³/mol. The molecule has 0 unspecified atom stereocenters. The van der Waals surface area contributed by atoms with Crippen molar-refractivity contribution in [3.63, 3.8) is 0 Å². The van der Waals surface area contributed by atoms with E-state index in [4.69, 9.17) is 0 Å². The van der Waals surface area contributed by atoms with Crippen LogP contribution in [0.1, 0.15) is 36.5 Å². The summed E-state index contributed by atoms with van der Waals surface area (Å²) in [6.45, 7) is 3.03. The smallest absolute Gasteiger partial charge is 0.178 e. The average molecular weight is 191 g/mol. The van der Waals surface area contributed by atoms with Crippen molar-refractivity contribution in [2.24, 2.45) is 0 Å². The van der Waals surface area contributed by atoms with Crippen molar-refractivity contribution in [1.82, 2.24) is 4.98 Å². The lowest BCUT2D eigenvalue weighted by atomic mass is 10.1. The second-order valence-electron chi connectivity index (χ2n) is 3.27. The Labute approximate surface area is 83.2 Å². The summed E-state index contributed by atoms with van der Waals surface area (Å²) in [4.78, 5) is 25.9. The van der Waals surface area contributed by atoms with Gasteiger partial charge >= 0.3 is 0 Å². The highest BCUT2D eigenvalue weighted by atomic mass is 16.1. The van der Waals surface area contributed by atoms with Crippen LogP contribution in [0.25, 0.3) is 0 Å². The highest BCUT2D eigenvalue weighted by molar-refractivity contribution is 5.92. The Balaban J connectivity index is 2.73. The fourth-order valence-corrected chi connectivity index (χ4v) is 1.12. The predicted octanol–water partition coefficient (Wildman–Crippen LogP) is 1.81. The molecule has 0 radical (unpaired) electrons. The normalized spacial score (nSPS) is 9.86. The van der Waals surface area contributed by atoms with Gasteiger partial charge in [-0.05, 0) is 25.5 Å². The summed E-state index contributed by atoms with van der Waals surface area (Å²) in [5, 5.41) is 0. The van der Waals surface area contributed by atoms with Gasteiger partial charge in [-0.3, -0.25) is 4.79 Å². The van der Waals surface area contributed by atoms with E-state index >= 15 is 0 Å². The van der Waals surface area contributed by atoms with Gasteiger partial charge in [-0.1, -0.05) is 6.07 Å². The van der Waals surface area contributed by atoms with Gasteiger partial charge in [-0.25, -0.2) is 4.98 Å². The van der Waals surface area contributed by atoms with Crippen LogP contribution >= 0.6 is 0 Å². The van der Waals surface area contributed by atoms with Gasteiger partial charge in [0, 0.05) is 19.0 Å². The maximum atomic E-state index is 11.0. The number of hydrogen-bond donors (Lipinski definition) is 0. The summed E-state index contributed by atoms with van der Waals surface area (Å²) in [6, 6.07) is 5.30. The summed E-state index contributed by atoms with van der Waals surface area (Å²) >= 11 is 0. The van der Waals surface area contributed by atoms with Crippen LogP contribution in [0, 0.1) is 0 Å². The first-order valence-corrected chi connectivity index (χ1v) is 4.56. The van der Waals surface area contributed by atoms with Crippen molar-refractivity contribution in [3.05, 3.63) is 29.6 Å². The number of hydrogen-bond acceptors (Lipinski definition) is 3. The molecule has 3 nitrogen and oxygen atoms in total. The number of ketones is 2. The van der Waals surface area contributed by atoms with Gasteiger partial charge in [0.25, 0.3) is 0 Å². The van der Waals surface area contributed by atoms with Crippen molar-refractivity contribution in [2.45, 2.75) is 26.7 Å². The number of pyridine rings is 1. The van der Waals surface area contributed by atoms with Crippen LogP contribution in [0.5, 0.6) is 0 Å². The van der Waals surface area contributed by atoms with Crippen molar-refractivity contribution < 1.29 is 9.59 Å². The molecule has 0 saturated heterocycles. The Morgan fingerprint density at radius 1 is 1.29 bits per heavy atom. The average Bonchev–Trinajstić information content (AvgIpc) is 2.15. The van der Waals surface area contributed by atoms with E-state index in [1.807, 2.05) is 6.07 Å². The fraction of sp³-hybridized carbons (Fsp3) is 0.364. The Morgan fingerprint density at radius 2 is 2.00 bits per heavy atom. The van der Waals surface area contributed by atoms with Gasteiger partial charge in [0.1, 0.15) is 11.5 Å². The molecule has 0 saturated carbocycles. The molecule has 1 rings (SSSR count). The molecule has 0 aliphatic carbocycles. The summed E-state index contributed by atoms with van der Waals surface area (Å²) in [5.74, 6) is 0.0923. The molecule has 0 bridgehead atoms. The number of carbonyl (C=O) groups excluding carboxylic acids is 2. The quantitative estimate of drug-likeness (QED) is 0.682. The molecule has 0 aliphatic rings. The molecule has 0 spiro atoms. The molecule has 0 fully saturated rings. The molecule has 0 amide bonds. The Hall–Kier alpha value is -1.51. The maximum Gasteiger partial charge on any atom is 0.178 e. The van der Waals surface area contributed by atoms with E-state index in [2.05, 4.69) is 4.98 Å². The number of nitrogens with zero attached hydrogens (tertiary/aromatic N) is 1. The fourth-order valence-electron chi connectivity index (χ4n) is 1.12. The van der Waals surface area contributed by atoms with Gasteiger partial charge in [0.15, 0.2) is 5.78 Å². The van der Waals surface area contributed by atoms with Crippen LogP contribution in [0.2, 0.25) is 0 Å². The first kappa shape index (κ1) is 10.6. The second kappa shape index (κ2) is 4.65. The van der Waals surface area contributed by atoms with E-state index in [0.29, 0.717) is 18.5 Å². The van der Waals surface area contributed by atoms with Crippen molar-refractivity contribution >= 4 is 11.6 Å². The largest absolute Gasteiger partial charge is 0.300 e. The maximum absolute atomic E-state index is 11.0. The van der Waals surface area contributed by atoms with Crippen LogP contribution in [0.15, 0.2) is 18.2 Å². The Morgan fingerprint density at radius 3 is 2.57 bits per heavy atom. The van der Waals surface area contributed by atoms with E-state index < -0.39 is 0 Å². The first-order chi connectivity index (χ1) is 6.59. The third-order valence-electron chi connectivity index (χ3n) is 1.90. The second-order valence-corrected chi connectivity index (χ2v) is 3.27. The van der Waals surface area contributed by atoms with Crippen LogP contribution < -0.4 is 0 Å². The number of aromatic nitrogens is 1. The lowest BCUT2D eigenvalue weighted by Gasteiger charge is -2.00. The molecule has 1 aromatic heterocycles. The van der Waals surface area contributed by atoms with Crippen molar-refractivity contribution in [1.29, 1.82) is 0 Å². The molecule has 3 heteroatoms. The molecular weight excluding hydrogens is 178 g/mol. The third-order valence-corrected chi connectivity index (χ3v) is 1.90. The zero-order valence-electron chi connectivity index (χ0n) is 8.41. The van der Waals surface area contributed by atoms with Crippen molar-refractivity contribution in [2.75, 3.05) is 0 Å². The minimum Gasteiger partial charge on any atom is -0.300 e. The van der Waals surface area contributed by atoms with Gasteiger partial charge < -0.3 is 4.79 Å². The molecular formula is C11H13NO2. The summed E-state index contributed by atoms with van der Waals surface area (Å²) in [6.07, 6.45) is 1.09. The van der Waals surface area contributed by atoms with Gasteiger partial charge in [-0.15, -0.1) is 0 Å². The number of rotatable bonds is 4. The third kappa shape index (κ3) is 3.09. The van der Waals surface area contributed by atoms with E-state index in [1.54, 1.807) is 19.1 Å². The lowest BCUT2D eigenvalue weighted by molar-refractivity contribution is -0.116. The van der Waals surface area contributed by atoms with Gasteiger partial charge in [0.05, 0.1) is 0 Å². The van der Waals surface area contributed by atoms with E-state index in [0.717, 1.165) is 5.69 Å².